The second-order valence-corrected chi connectivity index (χ2v) is 7.00. The van der Waals surface area contributed by atoms with Crippen molar-refractivity contribution in [2.45, 2.75) is 4.90 Å². The van der Waals surface area contributed by atoms with E-state index >= 15 is 0 Å². The van der Waals surface area contributed by atoms with Crippen LogP contribution >= 0.6 is 11.9 Å². The Morgan fingerprint density at radius 1 is 1.14 bits per heavy atom. The van der Waals surface area contributed by atoms with Gasteiger partial charge < -0.3 is 20.7 Å². The highest BCUT2D eigenvalue weighted by Gasteiger charge is 2.07. The molecule has 28 heavy (non-hydrogen) atoms. The van der Waals surface area contributed by atoms with E-state index in [4.69, 9.17) is 10.5 Å². The third kappa shape index (κ3) is 5.59. The number of benzene rings is 2. The van der Waals surface area contributed by atoms with Gasteiger partial charge in [-0.1, -0.05) is 6.07 Å². The molecule has 4 N–H and O–H groups in total. The molecular formula is C20H24N6OS. The van der Waals surface area contributed by atoms with Crippen LogP contribution in [0.25, 0.3) is 0 Å². The lowest BCUT2D eigenvalue weighted by Gasteiger charge is -2.19. The molecule has 0 aliphatic carbocycles. The highest BCUT2D eigenvalue weighted by atomic mass is 32.2. The monoisotopic (exact) mass is 396 g/mol. The third-order valence-electron chi connectivity index (χ3n) is 3.95. The Balaban J connectivity index is 1.68. The molecule has 1 aromatic heterocycles. The van der Waals surface area contributed by atoms with Crippen LogP contribution < -0.4 is 20.7 Å². The van der Waals surface area contributed by atoms with E-state index in [0.29, 0.717) is 12.6 Å². The predicted molar refractivity (Wildman–Crippen MR) is 116 cm³/mol. The van der Waals surface area contributed by atoms with Crippen LogP contribution in [0, 0.1) is 0 Å². The number of nitrogens with zero attached hydrogens (tertiary/aromatic N) is 3. The Labute approximate surface area is 169 Å². The largest absolute Gasteiger partial charge is 0.399 e. The number of rotatable bonds is 9. The molecule has 7 nitrogen and oxygen atoms in total. The number of nitrogens with two attached hydrogens (primary N) is 1. The molecule has 0 atom stereocenters. The zero-order valence-electron chi connectivity index (χ0n) is 15.9. The summed E-state index contributed by atoms with van der Waals surface area (Å²) in [5, 5.41) is 3.27. The number of nitrogen functional groups attached to an aromatic ring is 1. The molecule has 0 spiro atoms. The van der Waals surface area contributed by atoms with Crippen molar-refractivity contribution in [1.82, 2.24) is 14.7 Å². The fraction of sp³-hybridized carbons (Fsp3) is 0.200. The number of hydrogen-bond donors (Lipinski definition) is 3. The number of methoxy groups -OCH3 is 1. The molecule has 8 heteroatoms. The van der Waals surface area contributed by atoms with Gasteiger partial charge in [0.25, 0.3) is 0 Å². The summed E-state index contributed by atoms with van der Waals surface area (Å²) in [6.07, 6.45) is 1.74. The van der Waals surface area contributed by atoms with Crippen LogP contribution in [0.15, 0.2) is 65.7 Å². The summed E-state index contributed by atoms with van der Waals surface area (Å²) in [5.41, 5.74) is 8.42. The summed E-state index contributed by atoms with van der Waals surface area (Å²) >= 11 is 1.56. The minimum atomic E-state index is 0.536. The van der Waals surface area contributed by atoms with Crippen LogP contribution in [0.3, 0.4) is 0 Å². The van der Waals surface area contributed by atoms with Crippen molar-refractivity contribution in [1.29, 1.82) is 0 Å². The maximum atomic E-state index is 5.77. The van der Waals surface area contributed by atoms with Gasteiger partial charge in [0, 0.05) is 48.9 Å². The standard InChI is InChI=1S/C20H24N6OS/c1-26(17-8-6-15(21)7-9-17)19-10-11-22-20(25-19)24-16-4-3-5-18(14-16)28-23-12-13-27-2/h3-11,14,23H,12-13,21H2,1-2H3,(H,22,24,25). The first-order valence-electron chi connectivity index (χ1n) is 8.84. The molecule has 0 fully saturated rings. The van der Waals surface area contributed by atoms with Crippen LogP contribution in [0.2, 0.25) is 0 Å². The lowest BCUT2D eigenvalue weighted by atomic mass is 10.2. The summed E-state index contributed by atoms with van der Waals surface area (Å²) in [4.78, 5) is 12.0. The molecule has 146 valence electrons. The average molecular weight is 397 g/mol. The molecular weight excluding hydrogens is 372 g/mol. The molecule has 0 aliphatic heterocycles. The number of anilines is 5. The molecule has 0 unspecified atom stereocenters. The van der Waals surface area contributed by atoms with Crippen LogP contribution in [0.5, 0.6) is 0 Å². The van der Waals surface area contributed by atoms with E-state index in [1.54, 1.807) is 25.3 Å². The Hall–Kier alpha value is -2.81. The van der Waals surface area contributed by atoms with Gasteiger partial charge >= 0.3 is 0 Å². The Morgan fingerprint density at radius 2 is 1.96 bits per heavy atom. The first kappa shape index (κ1) is 19.9. The van der Waals surface area contributed by atoms with Gasteiger partial charge in [-0.3, -0.25) is 4.72 Å². The van der Waals surface area contributed by atoms with Crippen molar-refractivity contribution in [2.24, 2.45) is 0 Å². The lowest BCUT2D eigenvalue weighted by molar-refractivity contribution is 0.205. The van der Waals surface area contributed by atoms with Gasteiger partial charge in [-0.05, 0) is 60.5 Å². The van der Waals surface area contributed by atoms with Gasteiger partial charge in [0.15, 0.2) is 0 Å². The van der Waals surface area contributed by atoms with Gasteiger partial charge in [-0.15, -0.1) is 0 Å². The number of hydrogen-bond acceptors (Lipinski definition) is 8. The molecule has 0 bridgehead atoms. The molecule has 0 saturated carbocycles. The van der Waals surface area contributed by atoms with Crippen molar-refractivity contribution >= 4 is 40.8 Å². The van der Waals surface area contributed by atoms with Crippen molar-refractivity contribution < 1.29 is 4.74 Å². The van der Waals surface area contributed by atoms with E-state index in [0.717, 1.165) is 34.3 Å². The smallest absolute Gasteiger partial charge is 0.229 e. The summed E-state index contributed by atoms with van der Waals surface area (Å²) < 4.78 is 8.29. The van der Waals surface area contributed by atoms with E-state index in [-0.39, 0.29) is 0 Å². The average Bonchev–Trinajstić information content (AvgIpc) is 2.72. The van der Waals surface area contributed by atoms with Crippen molar-refractivity contribution in [2.75, 3.05) is 43.3 Å². The molecule has 0 amide bonds. The van der Waals surface area contributed by atoms with Gasteiger partial charge in [-0.25, -0.2) is 4.98 Å². The molecule has 0 radical (unpaired) electrons. The number of ether oxygens (including phenoxy) is 1. The first-order valence-corrected chi connectivity index (χ1v) is 9.65. The lowest BCUT2D eigenvalue weighted by Crippen LogP contribution is -2.12. The second-order valence-electron chi connectivity index (χ2n) is 6.03. The predicted octanol–water partition coefficient (Wildman–Crippen LogP) is 3.81. The van der Waals surface area contributed by atoms with Gasteiger partial charge in [0.2, 0.25) is 5.95 Å². The molecule has 0 aliphatic rings. The molecule has 1 heterocycles. The van der Waals surface area contributed by atoms with Gasteiger partial charge in [0.05, 0.1) is 6.61 Å². The van der Waals surface area contributed by atoms with Crippen LogP contribution in [-0.2, 0) is 4.74 Å². The Kier molecular flexibility index (Phi) is 7.07. The summed E-state index contributed by atoms with van der Waals surface area (Å²) in [5.74, 6) is 1.32. The van der Waals surface area contributed by atoms with Gasteiger partial charge in [0.1, 0.15) is 5.82 Å². The number of nitrogens with one attached hydrogen (secondary N) is 2. The summed E-state index contributed by atoms with van der Waals surface area (Å²) in [6, 6.07) is 17.6. The Bertz CT molecular complexity index is 890. The van der Waals surface area contributed by atoms with E-state index in [9.17, 15) is 0 Å². The maximum absolute atomic E-state index is 5.77. The van der Waals surface area contributed by atoms with E-state index in [1.807, 2.05) is 66.5 Å². The zero-order valence-corrected chi connectivity index (χ0v) is 16.7. The maximum Gasteiger partial charge on any atom is 0.229 e. The van der Waals surface area contributed by atoms with Crippen molar-refractivity contribution in [3.63, 3.8) is 0 Å². The van der Waals surface area contributed by atoms with Crippen molar-refractivity contribution in [3.8, 4) is 0 Å². The highest BCUT2D eigenvalue weighted by Crippen LogP contribution is 2.25. The minimum Gasteiger partial charge on any atom is -0.399 e. The van der Waals surface area contributed by atoms with E-state index < -0.39 is 0 Å². The zero-order chi connectivity index (χ0) is 19.8. The van der Waals surface area contributed by atoms with Crippen molar-refractivity contribution in [3.05, 3.63) is 60.8 Å². The second kappa shape index (κ2) is 9.93. The highest BCUT2D eigenvalue weighted by molar-refractivity contribution is 7.97. The minimum absolute atomic E-state index is 0.536. The topological polar surface area (TPSA) is 88.3 Å². The fourth-order valence-corrected chi connectivity index (χ4v) is 3.16. The van der Waals surface area contributed by atoms with E-state index in [1.165, 1.54) is 0 Å². The molecule has 3 rings (SSSR count). The molecule has 0 saturated heterocycles. The summed E-state index contributed by atoms with van der Waals surface area (Å²) in [7, 11) is 3.65. The Morgan fingerprint density at radius 3 is 2.75 bits per heavy atom. The fourth-order valence-electron chi connectivity index (χ4n) is 2.47. The third-order valence-corrected chi connectivity index (χ3v) is 4.79. The molecule has 2 aromatic carbocycles. The van der Waals surface area contributed by atoms with Crippen LogP contribution in [-0.4, -0.2) is 37.3 Å². The normalized spacial score (nSPS) is 10.6. The summed E-state index contributed by atoms with van der Waals surface area (Å²) in [6.45, 7) is 1.45. The number of aromatic nitrogens is 2. The molecule has 3 aromatic rings. The van der Waals surface area contributed by atoms with E-state index in [2.05, 4.69) is 20.0 Å². The quantitative estimate of drug-likeness (QED) is 0.286. The van der Waals surface area contributed by atoms with Crippen LogP contribution in [0.4, 0.5) is 28.8 Å². The van der Waals surface area contributed by atoms with Gasteiger partial charge in [-0.2, -0.15) is 4.98 Å². The van der Waals surface area contributed by atoms with Crippen LogP contribution in [0.1, 0.15) is 0 Å². The first-order chi connectivity index (χ1) is 13.7. The SMILES string of the molecule is COCCNSc1cccc(Nc2nccc(N(C)c3ccc(N)cc3)n2)c1.